The van der Waals surface area contributed by atoms with Crippen LogP contribution in [0.2, 0.25) is 0 Å². The molecule has 1 amide bonds. The maximum atomic E-state index is 12.0. The highest BCUT2D eigenvalue weighted by Crippen LogP contribution is 2.16. The molecule has 20 heavy (non-hydrogen) atoms. The van der Waals surface area contributed by atoms with Crippen LogP contribution >= 0.6 is 0 Å². The van der Waals surface area contributed by atoms with E-state index in [1.54, 1.807) is 17.1 Å². The average Bonchev–Trinajstić information content (AvgIpc) is 2.94. The van der Waals surface area contributed by atoms with E-state index in [4.69, 9.17) is 0 Å². The standard InChI is InChI=1S/C15H26N4O/c1-3-7-18-8-5-6-13(11-18)9-16-15(20)14-10-17-19(4-2)12-14/h10,12-13H,3-9,11H2,1-2H3,(H,16,20)/t13-/m1/s1. The number of likely N-dealkylation sites (tertiary alicyclic amines) is 1. The fraction of sp³-hybridized carbons (Fsp3) is 0.733. The van der Waals surface area contributed by atoms with Gasteiger partial charge in [-0.1, -0.05) is 6.92 Å². The number of nitrogens with one attached hydrogen (secondary N) is 1. The first kappa shape index (κ1) is 15.0. The van der Waals surface area contributed by atoms with Crippen molar-refractivity contribution in [3.05, 3.63) is 18.0 Å². The Morgan fingerprint density at radius 1 is 1.50 bits per heavy atom. The summed E-state index contributed by atoms with van der Waals surface area (Å²) < 4.78 is 1.78. The molecule has 1 atom stereocenters. The van der Waals surface area contributed by atoms with Gasteiger partial charge in [0.15, 0.2) is 0 Å². The molecule has 0 saturated carbocycles. The minimum absolute atomic E-state index is 0.00249. The first-order chi connectivity index (χ1) is 9.72. The first-order valence-corrected chi connectivity index (χ1v) is 7.76. The van der Waals surface area contributed by atoms with E-state index in [0.29, 0.717) is 11.5 Å². The van der Waals surface area contributed by atoms with Gasteiger partial charge in [-0.05, 0) is 45.2 Å². The highest BCUT2D eigenvalue weighted by atomic mass is 16.1. The van der Waals surface area contributed by atoms with Gasteiger partial charge in [-0.2, -0.15) is 5.10 Å². The molecule has 0 radical (unpaired) electrons. The second-order valence-electron chi connectivity index (χ2n) is 5.60. The highest BCUT2D eigenvalue weighted by molar-refractivity contribution is 5.93. The third kappa shape index (κ3) is 4.07. The van der Waals surface area contributed by atoms with Gasteiger partial charge in [-0.25, -0.2) is 0 Å². The zero-order valence-electron chi connectivity index (χ0n) is 12.6. The number of carbonyl (C=O) groups excluding carboxylic acids is 1. The third-order valence-electron chi connectivity index (χ3n) is 3.91. The predicted molar refractivity (Wildman–Crippen MR) is 79.7 cm³/mol. The van der Waals surface area contributed by atoms with E-state index in [2.05, 4.69) is 22.2 Å². The molecule has 0 aromatic carbocycles. The van der Waals surface area contributed by atoms with Crippen LogP contribution in [0.25, 0.3) is 0 Å². The molecule has 1 saturated heterocycles. The Labute approximate surface area is 121 Å². The summed E-state index contributed by atoms with van der Waals surface area (Å²) in [6.45, 7) is 9.30. The van der Waals surface area contributed by atoms with Crippen molar-refractivity contribution >= 4 is 5.91 Å². The van der Waals surface area contributed by atoms with E-state index in [-0.39, 0.29) is 5.91 Å². The summed E-state index contributed by atoms with van der Waals surface area (Å²) in [5.41, 5.74) is 0.660. The average molecular weight is 278 g/mol. The molecule has 2 heterocycles. The number of aromatic nitrogens is 2. The minimum Gasteiger partial charge on any atom is -0.352 e. The summed E-state index contributed by atoms with van der Waals surface area (Å²) in [5, 5.41) is 7.18. The van der Waals surface area contributed by atoms with Crippen LogP contribution in [0.4, 0.5) is 0 Å². The lowest BCUT2D eigenvalue weighted by atomic mass is 9.98. The summed E-state index contributed by atoms with van der Waals surface area (Å²) in [4.78, 5) is 14.6. The maximum absolute atomic E-state index is 12.0. The molecule has 0 spiro atoms. The van der Waals surface area contributed by atoms with Crippen molar-refractivity contribution in [1.82, 2.24) is 20.0 Å². The lowest BCUT2D eigenvalue weighted by Gasteiger charge is -2.32. The maximum Gasteiger partial charge on any atom is 0.254 e. The third-order valence-corrected chi connectivity index (χ3v) is 3.91. The molecular formula is C15H26N4O. The van der Waals surface area contributed by atoms with Gasteiger partial charge in [-0.3, -0.25) is 9.48 Å². The summed E-state index contributed by atoms with van der Waals surface area (Å²) in [5.74, 6) is 0.581. The molecule has 1 N–H and O–H groups in total. The molecular weight excluding hydrogens is 252 g/mol. The van der Waals surface area contributed by atoms with E-state index in [9.17, 15) is 4.79 Å². The van der Waals surface area contributed by atoms with Gasteiger partial charge in [0.2, 0.25) is 0 Å². The van der Waals surface area contributed by atoms with Gasteiger partial charge in [0.1, 0.15) is 0 Å². The summed E-state index contributed by atoms with van der Waals surface area (Å²) in [6, 6.07) is 0. The quantitative estimate of drug-likeness (QED) is 0.862. The number of hydrogen-bond donors (Lipinski definition) is 1. The molecule has 5 nitrogen and oxygen atoms in total. The van der Waals surface area contributed by atoms with Crippen LogP contribution < -0.4 is 5.32 Å². The van der Waals surface area contributed by atoms with E-state index >= 15 is 0 Å². The van der Waals surface area contributed by atoms with Crippen LogP contribution in [-0.2, 0) is 6.54 Å². The van der Waals surface area contributed by atoms with E-state index in [1.807, 2.05) is 6.92 Å². The Morgan fingerprint density at radius 3 is 3.05 bits per heavy atom. The topological polar surface area (TPSA) is 50.2 Å². The van der Waals surface area contributed by atoms with Crippen LogP contribution in [-0.4, -0.2) is 46.8 Å². The van der Waals surface area contributed by atoms with Crippen molar-refractivity contribution in [2.45, 2.75) is 39.7 Å². The van der Waals surface area contributed by atoms with Crippen molar-refractivity contribution in [3.8, 4) is 0 Å². The van der Waals surface area contributed by atoms with Crippen LogP contribution in [0, 0.1) is 5.92 Å². The molecule has 1 aromatic heterocycles. The molecule has 1 aromatic rings. The smallest absolute Gasteiger partial charge is 0.254 e. The van der Waals surface area contributed by atoms with E-state index in [1.165, 1.54) is 32.4 Å². The van der Waals surface area contributed by atoms with Crippen LogP contribution in [0.3, 0.4) is 0 Å². The van der Waals surface area contributed by atoms with Crippen molar-refractivity contribution in [3.63, 3.8) is 0 Å². The Balaban J connectivity index is 1.78. The lowest BCUT2D eigenvalue weighted by molar-refractivity contribution is 0.0932. The molecule has 1 fully saturated rings. The highest BCUT2D eigenvalue weighted by Gasteiger charge is 2.20. The second kappa shape index (κ2) is 7.43. The van der Waals surface area contributed by atoms with E-state index < -0.39 is 0 Å². The fourth-order valence-corrected chi connectivity index (χ4v) is 2.83. The van der Waals surface area contributed by atoms with Crippen molar-refractivity contribution in [1.29, 1.82) is 0 Å². The zero-order chi connectivity index (χ0) is 14.4. The lowest BCUT2D eigenvalue weighted by Crippen LogP contribution is -2.41. The Hall–Kier alpha value is -1.36. The summed E-state index contributed by atoms with van der Waals surface area (Å²) in [7, 11) is 0. The second-order valence-corrected chi connectivity index (χ2v) is 5.60. The van der Waals surface area contributed by atoms with Gasteiger partial charge < -0.3 is 10.2 Å². The zero-order valence-corrected chi connectivity index (χ0v) is 12.6. The molecule has 5 heteroatoms. The molecule has 0 unspecified atom stereocenters. The number of hydrogen-bond acceptors (Lipinski definition) is 3. The van der Waals surface area contributed by atoms with Crippen molar-refractivity contribution < 1.29 is 4.79 Å². The van der Waals surface area contributed by atoms with Gasteiger partial charge in [0.05, 0.1) is 11.8 Å². The SMILES string of the molecule is CCCN1CCC[C@H](CNC(=O)c2cnn(CC)c2)C1. The van der Waals surface area contributed by atoms with Crippen LogP contribution in [0.15, 0.2) is 12.4 Å². The number of rotatable bonds is 6. The largest absolute Gasteiger partial charge is 0.352 e. The molecule has 112 valence electrons. The number of carbonyl (C=O) groups is 1. The summed E-state index contributed by atoms with van der Waals surface area (Å²) in [6.07, 6.45) is 7.11. The molecule has 1 aliphatic rings. The van der Waals surface area contributed by atoms with Crippen LogP contribution in [0.5, 0.6) is 0 Å². The number of amides is 1. The normalized spacial score (nSPS) is 20.0. The number of aryl methyl sites for hydroxylation is 1. The minimum atomic E-state index is -0.00249. The van der Waals surface area contributed by atoms with Crippen molar-refractivity contribution in [2.75, 3.05) is 26.2 Å². The van der Waals surface area contributed by atoms with Crippen LogP contribution in [0.1, 0.15) is 43.5 Å². The molecule has 1 aliphatic heterocycles. The Kier molecular flexibility index (Phi) is 5.59. The Morgan fingerprint density at radius 2 is 2.35 bits per heavy atom. The van der Waals surface area contributed by atoms with Gasteiger partial charge in [0, 0.05) is 25.8 Å². The van der Waals surface area contributed by atoms with Gasteiger partial charge in [0.25, 0.3) is 5.91 Å². The molecule has 0 bridgehead atoms. The molecule has 2 rings (SSSR count). The monoisotopic (exact) mass is 278 g/mol. The molecule has 0 aliphatic carbocycles. The van der Waals surface area contributed by atoms with Crippen molar-refractivity contribution in [2.24, 2.45) is 5.92 Å². The number of piperidine rings is 1. The van der Waals surface area contributed by atoms with Gasteiger partial charge in [-0.15, -0.1) is 0 Å². The number of nitrogens with zero attached hydrogens (tertiary/aromatic N) is 3. The van der Waals surface area contributed by atoms with Gasteiger partial charge >= 0.3 is 0 Å². The van der Waals surface area contributed by atoms with E-state index in [0.717, 1.165) is 19.6 Å². The fourth-order valence-electron chi connectivity index (χ4n) is 2.83. The predicted octanol–water partition coefficient (Wildman–Crippen LogP) is 1.75. The first-order valence-electron chi connectivity index (χ1n) is 7.76. The Bertz CT molecular complexity index is 427. The summed E-state index contributed by atoms with van der Waals surface area (Å²) >= 11 is 0.